The Morgan fingerprint density at radius 1 is 1.17 bits per heavy atom. The fraction of sp³-hybridized carbons (Fsp3) is 0.333. The van der Waals surface area contributed by atoms with Crippen molar-refractivity contribution in [1.82, 2.24) is 14.5 Å². The van der Waals surface area contributed by atoms with Crippen LogP contribution in [0.2, 0.25) is 0 Å². The summed E-state index contributed by atoms with van der Waals surface area (Å²) in [5.74, 6) is 1.08. The van der Waals surface area contributed by atoms with Crippen molar-refractivity contribution in [3.8, 4) is 0 Å². The average molecular weight is 405 g/mol. The number of carbonyl (C=O) groups excluding carboxylic acids is 1. The number of imidazole rings is 1. The molecule has 29 heavy (non-hydrogen) atoms. The zero-order valence-electron chi connectivity index (χ0n) is 16.2. The molecule has 2 aromatic heterocycles. The normalized spacial score (nSPS) is 11.8. The van der Waals surface area contributed by atoms with Crippen LogP contribution in [0, 0.1) is 5.92 Å². The van der Waals surface area contributed by atoms with Crippen molar-refractivity contribution in [2.75, 3.05) is 0 Å². The molecule has 0 aliphatic carbocycles. The molecule has 0 atom stereocenters. The number of carbonyl (C=O) groups is 1. The van der Waals surface area contributed by atoms with Gasteiger partial charge < -0.3 is 13.9 Å². The number of aromatic nitrogens is 2. The van der Waals surface area contributed by atoms with Crippen LogP contribution in [0.3, 0.4) is 0 Å². The van der Waals surface area contributed by atoms with E-state index in [4.69, 9.17) is 4.42 Å². The molecule has 8 heteroatoms. The minimum absolute atomic E-state index is 0.0366. The molecule has 154 valence electrons. The van der Waals surface area contributed by atoms with Crippen molar-refractivity contribution in [1.29, 1.82) is 0 Å². The van der Waals surface area contributed by atoms with Gasteiger partial charge in [-0.3, -0.25) is 4.79 Å². The van der Waals surface area contributed by atoms with Gasteiger partial charge in [0.15, 0.2) is 0 Å². The number of amides is 1. The lowest BCUT2D eigenvalue weighted by atomic mass is 10.1. The fourth-order valence-corrected chi connectivity index (χ4v) is 2.97. The van der Waals surface area contributed by atoms with Crippen LogP contribution in [0.1, 0.15) is 36.6 Å². The summed E-state index contributed by atoms with van der Waals surface area (Å²) in [6.45, 7) is 4.60. The second kappa shape index (κ2) is 8.55. The zero-order chi connectivity index (χ0) is 21.0. The largest absolute Gasteiger partial charge is 0.467 e. The fourth-order valence-electron chi connectivity index (χ4n) is 2.97. The SMILES string of the molecule is CC(C)C(=O)N(Cc1ccco1)Cc1nccn1Cc1ccc(C(F)(F)F)cc1. The highest BCUT2D eigenvalue weighted by molar-refractivity contribution is 5.78. The third-order valence-electron chi connectivity index (χ3n) is 4.50. The molecule has 5 nitrogen and oxygen atoms in total. The lowest BCUT2D eigenvalue weighted by molar-refractivity contribution is -0.137. The second-order valence-corrected chi connectivity index (χ2v) is 7.09. The van der Waals surface area contributed by atoms with Gasteiger partial charge in [-0.1, -0.05) is 26.0 Å². The molecule has 1 aromatic carbocycles. The van der Waals surface area contributed by atoms with Crippen LogP contribution in [-0.4, -0.2) is 20.4 Å². The van der Waals surface area contributed by atoms with Crippen molar-refractivity contribution in [3.63, 3.8) is 0 Å². The number of benzene rings is 1. The summed E-state index contributed by atoms with van der Waals surface area (Å²) in [5.41, 5.74) is 0.0317. The molecule has 2 heterocycles. The van der Waals surface area contributed by atoms with E-state index in [2.05, 4.69) is 4.98 Å². The first-order chi connectivity index (χ1) is 13.7. The number of alkyl halides is 3. The topological polar surface area (TPSA) is 51.3 Å². The van der Waals surface area contributed by atoms with Crippen molar-refractivity contribution < 1.29 is 22.4 Å². The van der Waals surface area contributed by atoms with Gasteiger partial charge in [-0.05, 0) is 29.8 Å². The maximum absolute atomic E-state index is 12.7. The molecule has 0 bridgehead atoms. The van der Waals surface area contributed by atoms with Crippen molar-refractivity contribution >= 4 is 5.91 Å². The van der Waals surface area contributed by atoms with E-state index in [9.17, 15) is 18.0 Å². The van der Waals surface area contributed by atoms with E-state index < -0.39 is 11.7 Å². The molecular formula is C21H22F3N3O2. The number of nitrogens with zero attached hydrogens (tertiary/aromatic N) is 3. The Labute approximate surface area is 166 Å². The van der Waals surface area contributed by atoms with Crippen LogP contribution in [0.15, 0.2) is 59.5 Å². The van der Waals surface area contributed by atoms with Gasteiger partial charge in [-0.15, -0.1) is 0 Å². The molecule has 0 aliphatic rings. The van der Waals surface area contributed by atoms with E-state index in [0.29, 0.717) is 30.2 Å². The summed E-state index contributed by atoms with van der Waals surface area (Å²) >= 11 is 0. The summed E-state index contributed by atoms with van der Waals surface area (Å²) < 4.78 is 45.4. The predicted octanol–water partition coefficient (Wildman–Crippen LogP) is 4.73. The summed E-state index contributed by atoms with van der Waals surface area (Å²) in [6, 6.07) is 8.60. The van der Waals surface area contributed by atoms with E-state index >= 15 is 0 Å². The Bertz CT molecular complexity index is 929. The number of halogens is 3. The first kappa shape index (κ1) is 20.7. The molecule has 0 fully saturated rings. The molecule has 0 saturated heterocycles. The quantitative estimate of drug-likeness (QED) is 0.571. The highest BCUT2D eigenvalue weighted by atomic mass is 19.4. The molecule has 0 aliphatic heterocycles. The first-order valence-corrected chi connectivity index (χ1v) is 9.21. The predicted molar refractivity (Wildman–Crippen MR) is 101 cm³/mol. The van der Waals surface area contributed by atoms with E-state index in [1.54, 1.807) is 35.7 Å². The number of hydrogen-bond donors (Lipinski definition) is 0. The van der Waals surface area contributed by atoms with Gasteiger partial charge in [0.05, 0.1) is 24.9 Å². The Morgan fingerprint density at radius 3 is 2.48 bits per heavy atom. The van der Waals surface area contributed by atoms with Crippen molar-refractivity contribution in [3.05, 3.63) is 77.8 Å². The average Bonchev–Trinajstić information content (AvgIpc) is 3.32. The molecule has 1 amide bonds. The summed E-state index contributed by atoms with van der Waals surface area (Å²) in [7, 11) is 0. The van der Waals surface area contributed by atoms with Gasteiger partial charge in [0.2, 0.25) is 5.91 Å². The highest BCUT2D eigenvalue weighted by Gasteiger charge is 2.30. The standard InChI is InChI=1S/C21H22F3N3O2/c1-15(2)20(28)27(13-18-4-3-11-29-18)14-19-25-9-10-26(19)12-16-5-7-17(8-6-16)21(22,23)24/h3-11,15H,12-14H2,1-2H3. The smallest absolute Gasteiger partial charge is 0.416 e. The number of furan rings is 1. The lowest BCUT2D eigenvalue weighted by Gasteiger charge is -2.24. The number of hydrogen-bond acceptors (Lipinski definition) is 3. The van der Waals surface area contributed by atoms with E-state index in [1.165, 1.54) is 12.1 Å². The highest BCUT2D eigenvalue weighted by Crippen LogP contribution is 2.29. The molecule has 0 saturated carbocycles. The first-order valence-electron chi connectivity index (χ1n) is 9.21. The minimum Gasteiger partial charge on any atom is -0.467 e. The van der Waals surface area contributed by atoms with Gasteiger partial charge in [-0.25, -0.2) is 4.98 Å². The molecular weight excluding hydrogens is 383 g/mol. The molecule has 3 rings (SSSR count). The van der Waals surface area contributed by atoms with Crippen LogP contribution in [0.4, 0.5) is 13.2 Å². The van der Waals surface area contributed by atoms with Crippen LogP contribution < -0.4 is 0 Å². The van der Waals surface area contributed by atoms with Gasteiger partial charge in [0.25, 0.3) is 0 Å². The van der Waals surface area contributed by atoms with Crippen molar-refractivity contribution in [2.45, 2.75) is 39.7 Å². The van der Waals surface area contributed by atoms with Gasteiger partial charge in [-0.2, -0.15) is 13.2 Å². The summed E-state index contributed by atoms with van der Waals surface area (Å²) in [6.07, 6.45) is 0.559. The van der Waals surface area contributed by atoms with Crippen LogP contribution in [-0.2, 0) is 30.6 Å². The molecule has 0 N–H and O–H groups in total. The molecule has 3 aromatic rings. The molecule has 0 spiro atoms. The summed E-state index contributed by atoms with van der Waals surface area (Å²) in [5, 5.41) is 0. The third kappa shape index (κ3) is 5.28. The van der Waals surface area contributed by atoms with Crippen LogP contribution in [0.5, 0.6) is 0 Å². The lowest BCUT2D eigenvalue weighted by Crippen LogP contribution is -2.34. The van der Waals surface area contributed by atoms with E-state index in [-0.39, 0.29) is 18.4 Å². The Kier molecular flexibility index (Phi) is 6.10. The zero-order valence-corrected chi connectivity index (χ0v) is 16.2. The van der Waals surface area contributed by atoms with Crippen molar-refractivity contribution in [2.24, 2.45) is 5.92 Å². The van der Waals surface area contributed by atoms with Crippen LogP contribution >= 0.6 is 0 Å². The van der Waals surface area contributed by atoms with E-state index in [1.807, 2.05) is 18.4 Å². The monoisotopic (exact) mass is 405 g/mol. The third-order valence-corrected chi connectivity index (χ3v) is 4.50. The maximum atomic E-state index is 12.7. The van der Waals surface area contributed by atoms with Gasteiger partial charge >= 0.3 is 6.18 Å². The number of rotatable bonds is 7. The van der Waals surface area contributed by atoms with Gasteiger partial charge in [0, 0.05) is 24.9 Å². The molecule has 0 unspecified atom stereocenters. The summed E-state index contributed by atoms with van der Waals surface area (Å²) in [4.78, 5) is 18.6. The molecule has 0 radical (unpaired) electrons. The Balaban J connectivity index is 1.76. The Morgan fingerprint density at radius 2 is 1.90 bits per heavy atom. The Hall–Kier alpha value is -3.03. The van der Waals surface area contributed by atoms with Crippen LogP contribution in [0.25, 0.3) is 0 Å². The second-order valence-electron chi connectivity index (χ2n) is 7.09. The maximum Gasteiger partial charge on any atom is 0.416 e. The van der Waals surface area contributed by atoms with E-state index in [0.717, 1.165) is 12.1 Å². The van der Waals surface area contributed by atoms with Gasteiger partial charge in [0.1, 0.15) is 11.6 Å². The minimum atomic E-state index is -4.36.